The third-order valence-corrected chi connectivity index (χ3v) is 6.55. The summed E-state index contributed by atoms with van der Waals surface area (Å²) < 4.78 is 0. The number of amidine groups is 1. The number of thiophene rings is 1. The van der Waals surface area contributed by atoms with E-state index in [-0.39, 0.29) is 5.91 Å². The van der Waals surface area contributed by atoms with E-state index in [4.69, 9.17) is 10.1 Å². The molecular formula is C24H25N5OS2. The van der Waals surface area contributed by atoms with Gasteiger partial charge in [0.2, 0.25) is 5.91 Å². The van der Waals surface area contributed by atoms with Gasteiger partial charge in [0.05, 0.1) is 6.54 Å². The van der Waals surface area contributed by atoms with Crippen molar-refractivity contribution in [3.8, 4) is 0 Å². The Bertz CT molecular complexity index is 1150. The smallest absolute Gasteiger partial charge is 0.221 e. The fourth-order valence-corrected chi connectivity index (χ4v) is 5.10. The second kappa shape index (κ2) is 10.1. The molecule has 0 saturated carbocycles. The van der Waals surface area contributed by atoms with Crippen LogP contribution in [0, 0.1) is 0 Å². The SMILES string of the molecule is CCCc1csc2c1C(c1ccc(NC(C)=O)cc1)=NN(Cc1cccnc1)C(SC)=N2. The molecule has 3 heterocycles. The second-order valence-corrected chi connectivity index (χ2v) is 9.05. The Morgan fingerprint density at radius 1 is 1.22 bits per heavy atom. The minimum absolute atomic E-state index is 0.0874. The monoisotopic (exact) mass is 463 g/mol. The highest BCUT2D eigenvalue weighted by atomic mass is 32.2. The molecule has 1 aliphatic rings. The van der Waals surface area contributed by atoms with Crippen LogP contribution in [0.4, 0.5) is 10.7 Å². The van der Waals surface area contributed by atoms with Crippen molar-refractivity contribution < 1.29 is 4.79 Å². The summed E-state index contributed by atoms with van der Waals surface area (Å²) in [5.74, 6) is -0.0874. The van der Waals surface area contributed by atoms with Crippen LogP contribution in [0.5, 0.6) is 0 Å². The average molecular weight is 464 g/mol. The van der Waals surface area contributed by atoms with Crippen LogP contribution in [-0.2, 0) is 17.8 Å². The van der Waals surface area contributed by atoms with Gasteiger partial charge >= 0.3 is 0 Å². The summed E-state index contributed by atoms with van der Waals surface area (Å²) in [7, 11) is 0. The number of benzene rings is 1. The van der Waals surface area contributed by atoms with Crippen LogP contribution >= 0.6 is 23.1 Å². The molecule has 0 unspecified atom stereocenters. The molecule has 0 spiro atoms. The molecule has 164 valence electrons. The van der Waals surface area contributed by atoms with E-state index in [1.165, 1.54) is 12.5 Å². The Morgan fingerprint density at radius 3 is 2.69 bits per heavy atom. The minimum Gasteiger partial charge on any atom is -0.326 e. The van der Waals surface area contributed by atoms with Crippen LogP contribution in [0.25, 0.3) is 0 Å². The van der Waals surface area contributed by atoms with E-state index < -0.39 is 0 Å². The van der Waals surface area contributed by atoms with E-state index in [1.807, 2.05) is 53.9 Å². The molecule has 0 bridgehead atoms. The van der Waals surface area contributed by atoms with E-state index >= 15 is 0 Å². The zero-order valence-electron chi connectivity index (χ0n) is 18.3. The molecule has 1 aliphatic heterocycles. The van der Waals surface area contributed by atoms with Crippen LogP contribution in [0.3, 0.4) is 0 Å². The van der Waals surface area contributed by atoms with E-state index in [0.29, 0.717) is 6.54 Å². The van der Waals surface area contributed by atoms with Gasteiger partial charge in [0.15, 0.2) is 5.17 Å². The number of amides is 1. The van der Waals surface area contributed by atoms with Crippen molar-refractivity contribution >= 4 is 50.6 Å². The zero-order valence-corrected chi connectivity index (χ0v) is 20.0. The third kappa shape index (κ3) is 4.92. The van der Waals surface area contributed by atoms with Gasteiger partial charge in [0, 0.05) is 36.1 Å². The predicted octanol–water partition coefficient (Wildman–Crippen LogP) is 5.67. The molecule has 1 aromatic carbocycles. The van der Waals surface area contributed by atoms with E-state index in [0.717, 1.165) is 51.1 Å². The van der Waals surface area contributed by atoms with E-state index in [9.17, 15) is 4.79 Å². The molecule has 0 saturated heterocycles. The zero-order chi connectivity index (χ0) is 22.5. The molecule has 3 aromatic rings. The molecule has 0 radical (unpaired) electrons. The molecule has 4 rings (SSSR count). The number of fused-ring (bicyclic) bond motifs is 1. The van der Waals surface area contributed by atoms with Crippen molar-refractivity contribution in [1.82, 2.24) is 9.99 Å². The fourth-order valence-electron chi connectivity index (χ4n) is 3.56. The number of thioether (sulfide) groups is 1. The average Bonchev–Trinajstić information content (AvgIpc) is 3.10. The Balaban J connectivity index is 1.82. The highest BCUT2D eigenvalue weighted by molar-refractivity contribution is 8.13. The Hall–Kier alpha value is -2.97. The molecule has 1 amide bonds. The van der Waals surface area contributed by atoms with Crippen LogP contribution in [0.15, 0.2) is 64.3 Å². The van der Waals surface area contributed by atoms with Crippen LogP contribution in [0.1, 0.15) is 42.5 Å². The molecule has 0 aliphatic carbocycles. The first-order valence-corrected chi connectivity index (χ1v) is 12.6. The molecule has 8 heteroatoms. The van der Waals surface area contributed by atoms with Gasteiger partial charge in [0.1, 0.15) is 10.7 Å². The maximum atomic E-state index is 11.4. The minimum atomic E-state index is -0.0874. The quantitative estimate of drug-likeness (QED) is 0.511. The highest BCUT2D eigenvalue weighted by Gasteiger charge is 2.25. The van der Waals surface area contributed by atoms with Crippen molar-refractivity contribution in [2.45, 2.75) is 33.2 Å². The number of carbonyl (C=O) groups is 1. The summed E-state index contributed by atoms with van der Waals surface area (Å²) >= 11 is 3.25. The lowest BCUT2D eigenvalue weighted by Gasteiger charge is -2.20. The molecule has 0 atom stereocenters. The van der Waals surface area contributed by atoms with Crippen molar-refractivity contribution in [2.75, 3.05) is 11.6 Å². The largest absolute Gasteiger partial charge is 0.326 e. The van der Waals surface area contributed by atoms with Gasteiger partial charge in [-0.25, -0.2) is 10.0 Å². The summed E-state index contributed by atoms with van der Waals surface area (Å²) in [5.41, 5.74) is 6.09. The summed E-state index contributed by atoms with van der Waals surface area (Å²) in [6, 6.07) is 11.8. The lowest BCUT2D eigenvalue weighted by Crippen LogP contribution is -2.24. The number of carbonyl (C=O) groups excluding carboxylic acids is 1. The Morgan fingerprint density at radius 2 is 2.03 bits per heavy atom. The molecule has 6 nitrogen and oxygen atoms in total. The Kier molecular flexibility index (Phi) is 7.02. The number of pyridine rings is 1. The maximum Gasteiger partial charge on any atom is 0.221 e. The number of aliphatic imine (C=N–C) groups is 1. The topological polar surface area (TPSA) is 70.0 Å². The highest BCUT2D eigenvalue weighted by Crippen LogP contribution is 2.37. The van der Waals surface area contributed by atoms with Gasteiger partial charge in [-0.2, -0.15) is 5.10 Å². The number of aromatic nitrogens is 1. The first-order chi connectivity index (χ1) is 15.6. The molecule has 1 N–H and O–H groups in total. The number of anilines is 1. The van der Waals surface area contributed by atoms with Crippen molar-refractivity contribution in [3.63, 3.8) is 0 Å². The normalized spacial score (nSPS) is 13.2. The molecule has 0 fully saturated rings. The molecular weight excluding hydrogens is 438 g/mol. The first kappa shape index (κ1) is 22.2. The Labute approximate surface area is 196 Å². The number of hydrazone groups is 1. The fraction of sp³-hybridized carbons (Fsp3) is 0.250. The van der Waals surface area contributed by atoms with Crippen molar-refractivity contribution in [2.24, 2.45) is 10.1 Å². The van der Waals surface area contributed by atoms with Crippen LogP contribution < -0.4 is 5.32 Å². The number of aryl methyl sites for hydroxylation is 1. The van der Waals surface area contributed by atoms with Crippen molar-refractivity contribution in [3.05, 3.63) is 76.4 Å². The number of hydrogen-bond acceptors (Lipinski definition) is 7. The van der Waals surface area contributed by atoms with Gasteiger partial charge in [-0.15, -0.1) is 11.3 Å². The number of nitrogens with zero attached hydrogens (tertiary/aromatic N) is 4. The van der Waals surface area contributed by atoms with Gasteiger partial charge < -0.3 is 5.32 Å². The van der Waals surface area contributed by atoms with Gasteiger partial charge in [-0.3, -0.25) is 9.78 Å². The maximum absolute atomic E-state index is 11.4. The summed E-state index contributed by atoms with van der Waals surface area (Å²) in [4.78, 5) is 20.7. The summed E-state index contributed by atoms with van der Waals surface area (Å²) in [5, 5.41) is 14.0. The van der Waals surface area contributed by atoms with E-state index in [1.54, 1.807) is 29.3 Å². The standard InChI is InChI=1S/C24H25N5OS2/c1-4-6-19-15-32-23-21(19)22(18-8-10-20(11-9-18)26-16(2)30)28-29(24(27-23)31-3)14-17-7-5-12-25-13-17/h5,7-13,15H,4,6,14H2,1-3H3,(H,26,30). The van der Waals surface area contributed by atoms with Gasteiger partial charge in [-0.05, 0) is 47.4 Å². The van der Waals surface area contributed by atoms with Crippen LogP contribution in [-0.4, -0.2) is 33.0 Å². The summed E-state index contributed by atoms with van der Waals surface area (Å²) in [6.45, 7) is 4.28. The number of hydrogen-bond donors (Lipinski definition) is 1. The third-order valence-electron chi connectivity index (χ3n) is 4.96. The summed E-state index contributed by atoms with van der Waals surface area (Å²) in [6.07, 6.45) is 7.68. The lowest BCUT2D eigenvalue weighted by atomic mass is 9.98. The number of rotatable bonds is 6. The number of nitrogens with one attached hydrogen (secondary N) is 1. The van der Waals surface area contributed by atoms with Gasteiger partial charge in [-0.1, -0.05) is 43.3 Å². The second-order valence-electron chi connectivity index (χ2n) is 7.42. The first-order valence-electron chi connectivity index (χ1n) is 10.5. The van der Waals surface area contributed by atoms with Crippen LogP contribution in [0.2, 0.25) is 0 Å². The predicted molar refractivity (Wildman–Crippen MR) is 135 cm³/mol. The van der Waals surface area contributed by atoms with Crippen molar-refractivity contribution in [1.29, 1.82) is 0 Å². The molecule has 2 aromatic heterocycles. The van der Waals surface area contributed by atoms with Gasteiger partial charge in [0.25, 0.3) is 0 Å². The van der Waals surface area contributed by atoms with E-state index in [2.05, 4.69) is 22.6 Å². The molecule has 32 heavy (non-hydrogen) atoms. The lowest BCUT2D eigenvalue weighted by molar-refractivity contribution is -0.114.